The van der Waals surface area contributed by atoms with E-state index in [-0.39, 0.29) is 18.9 Å². The van der Waals surface area contributed by atoms with Crippen LogP contribution in [0.1, 0.15) is 36.5 Å². The number of nitrogens with zero attached hydrogens (tertiary/aromatic N) is 2. The summed E-state index contributed by atoms with van der Waals surface area (Å²) in [5.41, 5.74) is 2.57. The minimum absolute atomic E-state index is 0.0753. The van der Waals surface area contributed by atoms with Crippen LogP contribution < -0.4 is 14.4 Å². The Labute approximate surface area is 248 Å². The van der Waals surface area contributed by atoms with Crippen molar-refractivity contribution >= 4 is 39.1 Å². The molecular weight excluding hydrogens is 562 g/mol. The Balaban J connectivity index is 2.06. The van der Waals surface area contributed by atoms with E-state index in [0.29, 0.717) is 28.6 Å². The Morgan fingerprint density at radius 3 is 2.34 bits per heavy atom. The fourth-order valence-electron chi connectivity index (χ4n) is 4.52. The SMILES string of the molecule is CCCCNC(=O)[C@H](Cc1ccccc1)N(Cc1cccc(OC)c1)C(=O)CN(c1ccc(Cl)cc1C)S(C)(=O)=O. The molecule has 0 bridgehead atoms. The molecule has 0 unspecified atom stereocenters. The molecule has 41 heavy (non-hydrogen) atoms. The largest absolute Gasteiger partial charge is 0.497 e. The number of benzene rings is 3. The van der Waals surface area contributed by atoms with Gasteiger partial charge in [-0.2, -0.15) is 0 Å². The number of halogens is 1. The molecule has 0 aliphatic carbocycles. The van der Waals surface area contributed by atoms with E-state index < -0.39 is 28.5 Å². The van der Waals surface area contributed by atoms with Gasteiger partial charge in [0.05, 0.1) is 19.1 Å². The van der Waals surface area contributed by atoms with Gasteiger partial charge in [-0.05, 0) is 60.4 Å². The molecule has 3 aromatic rings. The van der Waals surface area contributed by atoms with Crippen molar-refractivity contribution in [2.75, 3.05) is 30.8 Å². The van der Waals surface area contributed by atoms with Crippen LogP contribution in [0.2, 0.25) is 5.02 Å². The molecule has 8 nitrogen and oxygen atoms in total. The second kappa shape index (κ2) is 14.9. The van der Waals surface area contributed by atoms with E-state index in [2.05, 4.69) is 5.32 Å². The number of hydrogen-bond donors (Lipinski definition) is 1. The summed E-state index contributed by atoms with van der Waals surface area (Å²) in [7, 11) is -2.31. The number of methoxy groups -OCH3 is 1. The van der Waals surface area contributed by atoms with Gasteiger partial charge in [0.15, 0.2) is 0 Å². The van der Waals surface area contributed by atoms with Gasteiger partial charge in [0.25, 0.3) is 0 Å². The number of unbranched alkanes of at least 4 members (excludes halogenated alkanes) is 1. The number of carbonyl (C=O) groups excluding carboxylic acids is 2. The van der Waals surface area contributed by atoms with Gasteiger partial charge in [-0.3, -0.25) is 13.9 Å². The van der Waals surface area contributed by atoms with Crippen LogP contribution in [0.25, 0.3) is 0 Å². The zero-order valence-corrected chi connectivity index (χ0v) is 25.5. The summed E-state index contributed by atoms with van der Waals surface area (Å²) in [6, 6.07) is 20.6. The van der Waals surface area contributed by atoms with E-state index in [1.165, 1.54) is 4.90 Å². The lowest BCUT2D eigenvalue weighted by Crippen LogP contribution is -2.53. The summed E-state index contributed by atoms with van der Waals surface area (Å²) < 4.78 is 32.4. The molecule has 0 saturated heterocycles. The number of sulfonamides is 1. The molecule has 0 saturated carbocycles. The molecule has 3 aromatic carbocycles. The lowest BCUT2D eigenvalue weighted by atomic mass is 10.0. The molecule has 0 fully saturated rings. The smallest absolute Gasteiger partial charge is 0.244 e. The molecule has 0 aliphatic rings. The highest BCUT2D eigenvalue weighted by Gasteiger charge is 2.33. The normalized spacial score (nSPS) is 11.9. The molecule has 0 heterocycles. The van der Waals surface area contributed by atoms with Gasteiger partial charge in [-0.25, -0.2) is 8.42 Å². The van der Waals surface area contributed by atoms with Gasteiger partial charge >= 0.3 is 0 Å². The van der Waals surface area contributed by atoms with Crippen LogP contribution in [0.3, 0.4) is 0 Å². The number of amides is 2. The molecule has 10 heteroatoms. The minimum Gasteiger partial charge on any atom is -0.497 e. The molecule has 0 aromatic heterocycles. The van der Waals surface area contributed by atoms with Gasteiger partial charge in [-0.1, -0.05) is 67.4 Å². The number of rotatable bonds is 14. The zero-order chi connectivity index (χ0) is 30.0. The summed E-state index contributed by atoms with van der Waals surface area (Å²) in [5.74, 6) is -0.206. The predicted octanol–water partition coefficient (Wildman–Crippen LogP) is 4.98. The second-order valence-electron chi connectivity index (χ2n) is 9.92. The van der Waals surface area contributed by atoms with Crippen LogP contribution >= 0.6 is 11.6 Å². The Morgan fingerprint density at radius 1 is 1.00 bits per heavy atom. The molecule has 0 aliphatic heterocycles. The highest BCUT2D eigenvalue weighted by Crippen LogP contribution is 2.26. The molecule has 0 spiro atoms. The van der Waals surface area contributed by atoms with E-state index in [1.807, 2.05) is 49.4 Å². The average molecular weight is 600 g/mol. The standard InChI is InChI=1S/C31H38ClN3O5S/c1-5-6-17-33-31(37)29(20-24-11-8-7-9-12-24)34(21-25-13-10-14-27(19-25)40-3)30(36)22-35(41(4,38)39)28-16-15-26(32)18-23(28)2/h7-16,18-19,29H,5-6,17,20-22H2,1-4H3,(H,33,37)/t29-/m0/s1. The monoisotopic (exact) mass is 599 g/mol. The molecule has 2 amide bonds. The third-order valence-corrected chi connectivity index (χ3v) is 8.06. The highest BCUT2D eigenvalue weighted by atomic mass is 35.5. The second-order valence-corrected chi connectivity index (χ2v) is 12.3. The molecular formula is C31H38ClN3O5S. The maximum absolute atomic E-state index is 14.2. The topological polar surface area (TPSA) is 96.0 Å². The average Bonchev–Trinajstić information content (AvgIpc) is 2.94. The van der Waals surface area contributed by atoms with E-state index in [4.69, 9.17) is 16.3 Å². The number of anilines is 1. The minimum atomic E-state index is -3.87. The first-order valence-electron chi connectivity index (χ1n) is 13.5. The van der Waals surface area contributed by atoms with Gasteiger partial charge in [0, 0.05) is 24.5 Å². The molecule has 1 atom stereocenters. The van der Waals surface area contributed by atoms with Crippen molar-refractivity contribution in [3.8, 4) is 5.75 Å². The van der Waals surface area contributed by atoms with Crippen LogP contribution in [0, 0.1) is 6.92 Å². The highest BCUT2D eigenvalue weighted by molar-refractivity contribution is 7.92. The summed E-state index contributed by atoms with van der Waals surface area (Å²) >= 11 is 6.11. The number of aryl methyl sites for hydroxylation is 1. The number of nitrogens with one attached hydrogen (secondary N) is 1. The van der Waals surface area contributed by atoms with Gasteiger partial charge in [0.2, 0.25) is 21.8 Å². The van der Waals surface area contributed by atoms with E-state index in [9.17, 15) is 18.0 Å². The quantitative estimate of drug-likeness (QED) is 0.264. The van der Waals surface area contributed by atoms with Crippen LogP contribution in [-0.4, -0.2) is 57.6 Å². The third-order valence-electron chi connectivity index (χ3n) is 6.69. The van der Waals surface area contributed by atoms with Crippen molar-refractivity contribution < 1.29 is 22.7 Å². The number of hydrogen-bond acceptors (Lipinski definition) is 5. The van der Waals surface area contributed by atoms with Gasteiger partial charge in [0.1, 0.15) is 18.3 Å². The van der Waals surface area contributed by atoms with Gasteiger partial charge in [-0.15, -0.1) is 0 Å². The van der Waals surface area contributed by atoms with Gasteiger partial charge < -0.3 is 15.0 Å². The Kier molecular flexibility index (Phi) is 11.6. The van der Waals surface area contributed by atoms with Crippen LogP contribution in [0.5, 0.6) is 5.75 Å². The molecule has 0 radical (unpaired) electrons. The summed E-state index contributed by atoms with van der Waals surface area (Å²) in [5, 5.41) is 3.43. The van der Waals surface area contributed by atoms with Crippen molar-refractivity contribution in [3.63, 3.8) is 0 Å². The molecule has 1 N–H and O–H groups in total. The first kappa shape index (κ1) is 32.0. The van der Waals surface area contributed by atoms with Crippen molar-refractivity contribution in [1.82, 2.24) is 10.2 Å². The van der Waals surface area contributed by atoms with Crippen molar-refractivity contribution in [2.24, 2.45) is 0 Å². The lowest BCUT2D eigenvalue weighted by Gasteiger charge is -2.34. The van der Waals surface area contributed by atoms with E-state index in [0.717, 1.165) is 34.5 Å². The molecule has 3 rings (SSSR count). The zero-order valence-electron chi connectivity index (χ0n) is 24.0. The number of ether oxygens (including phenoxy) is 1. The van der Waals surface area contributed by atoms with Crippen molar-refractivity contribution in [3.05, 3.63) is 94.5 Å². The predicted molar refractivity (Wildman–Crippen MR) is 164 cm³/mol. The van der Waals surface area contributed by atoms with Crippen LogP contribution in [0.15, 0.2) is 72.8 Å². The maximum atomic E-state index is 14.2. The fraction of sp³-hybridized carbons (Fsp3) is 0.355. The van der Waals surface area contributed by atoms with E-state index >= 15 is 0 Å². The third kappa shape index (κ3) is 9.23. The van der Waals surface area contributed by atoms with Crippen molar-refractivity contribution in [1.29, 1.82) is 0 Å². The number of carbonyl (C=O) groups is 2. The van der Waals surface area contributed by atoms with E-state index in [1.54, 1.807) is 44.4 Å². The fourth-order valence-corrected chi connectivity index (χ4v) is 5.65. The maximum Gasteiger partial charge on any atom is 0.244 e. The summed E-state index contributed by atoms with van der Waals surface area (Å²) in [6.07, 6.45) is 3.01. The van der Waals surface area contributed by atoms with Crippen LogP contribution in [-0.2, 0) is 32.6 Å². The summed E-state index contributed by atoms with van der Waals surface area (Å²) in [6.45, 7) is 3.83. The van der Waals surface area contributed by atoms with Crippen LogP contribution in [0.4, 0.5) is 5.69 Å². The first-order chi connectivity index (χ1) is 19.5. The Bertz CT molecular complexity index is 1430. The summed E-state index contributed by atoms with van der Waals surface area (Å²) in [4.78, 5) is 29.3. The lowest BCUT2D eigenvalue weighted by molar-refractivity contribution is -0.140. The molecule has 220 valence electrons. The van der Waals surface area contributed by atoms with Crippen molar-refractivity contribution in [2.45, 2.75) is 45.7 Å². The first-order valence-corrected chi connectivity index (χ1v) is 15.7. The Morgan fingerprint density at radius 2 is 1.71 bits per heavy atom. The Hall–Kier alpha value is -3.56.